The Hall–Kier alpha value is -4.30. The summed E-state index contributed by atoms with van der Waals surface area (Å²) in [6.45, 7) is 2.11. The minimum atomic E-state index is 0.264. The molecule has 0 unspecified atom stereocenters. The Balaban J connectivity index is 1.31. The van der Waals surface area contributed by atoms with E-state index in [0.29, 0.717) is 23.3 Å². The number of ether oxygens (including phenoxy) is 1. The minimum Gasteiger partial charge on any atom is -0.486 e. The van der Waals surface area contributed by atoms with Crippen molar-refractivity contribution in [3.63, 3.8) is 0 Å². The standard InChI is InChI=1S/C28H29N7O/c1-30-15-24(19-11-13-32-14-12-19)27(29)20-7-9-22(10-8-20)36-18-26-33-25-6-4-3-5-23(25)28(34-26)35-16-21(17-35)31-2/h3-15,21,29-31H,16-18H2,1-2H3/b24-15-,29-27?. The van der Waals surface area contributed by atoms with Crippen LogP contribution in [-0.4, -0.2) is 53.9 Å². The number of fused-ring (bicyclic) bond motifs is 1. The van der Waals surface area contributed by atoms with E-state index in [2.05, 4.69) is 26.6 Å². The molecule has 36 heavy (non-hydrogen) atoms. The molecule has 0 atom stereocenters. The zero-order chi connectivity index (χ0) is 24.9. The van der Waals surface area contributed by atoms with E-state index in [0.717, 1.165) is 46.5 Å². The smallest absolute Gasteiger partial charge is 0.168 e. The highest BCUT2D eigenvalue weighted by molar-refractivity contribution is 6.30. The number of pyridine rings is 1. The van der Waals surface area contributed by atoms with Gasteiger partial charge < -0.3 is 20.3 Å². The van der Waals surface area contributed by atoms with Gasteiger partial charge in [0.05, 0.1) is 11.2 Å². The minimum absolute atomic E-state index is 0.264. The number of nitrogens with one attached hydrogen (secondary N) is 3. The van der Waals surface area contributed by atoms with E-state index in [9.17, 15) is 0 Å². The zero-order valence-corrected chi connectivity index (χ0v) is 20.4. The van der Waals surface area contributed by atoms with Gasteiger partial charge >= 0.3 is 0 Å². The predicted molar refractivity (Wildman–Crippen MR) is 143 cm³/mol. The lowest BCUT2D eigenvalue weighted by molar-refractivity contribution is 0.296. The van der Waals surface area contributed by atoms with Gasteiger partial charge in [-0.15, -0.1) is 0 Å². The SMILES string of the molecule is CN/C=C(\C(=N)c1ccc(OCc2nc(N3CC(NC)C3)c3ccccc3n2)cc1)c1ccncc1. The summed E-state index contributed by atoms with van der Waals surface area (Å²) in [6.07, 6.45) is 5.28. The molecule has 0 amide bonds. The topological polar surface area (TPSA) is 99.0 Å². The second-order valence-corrected chi connectivity index (χ2v) is 8.64. The van der Waals surface area contributed by atoms with Gasteiger partial charge in [0.2, 0.25) is 0 Å². The number of anilines is 1. The Labute approximate surface area is 210 Å². The van der Waals surface area contributed by atoms with Gasteiger partial charge in [-0.1, -0.05) is 12.1 Å². The number of likely N-dealkylation sites (N-methyl/N-ethyl adjacent to an activating group) is 1. The van der Waals surface area contributed by atoms with Crippen LogP contribution in [0.1, 0.15) is 17.0 Å². The molecule has 8 nitrogen and oxygen atoms in total. The third-order valence-electron chi connectivity index (χ3n) is 6.28. The molecule has 2 aromatic heterocycles. The monoisotopic (exact) mass is 479 g/mol. The first-order valence-electron chi connectivity index (χ1n) is 11.9. The molecule has 0 saturated carbocycles. The molecule has 0 spiro atoms. The molecule has 0 radical (unpaired) electrons. The van der Waals surface area contributed by atoms with Crippen molar-refractivity contribution < 1.29 is 4.74 Å². The molecular formula is C28H29N7O. The summed E-state index contributed by atoms with van der Waals surface area (Å²) in [7, 11) is 3.82. The average Bonchev–Trinajstić information content (AvgIpc) is 2.90. The Morgan fingerprint density at radius 2 is 1.75 bits per heavy atom. The van der Waals surface area contributed by atoms with Crippen LogP contribution in [0.2, 0.25) is 0 Å². The fourth-order valence-electron chi connectivity index (χ4n) is 4.24. The van der Waals surface area contributed by atoms with Crippen molar-refractivity contribution >= 4 is 28.0 Å². The van der Waals surface area contributed by atoms with Crippen LogP contribution < -0.4 is 20.3 Å². The van der Waals surface area contributed by atoms with Crippen molar-refractivity contribution in [2.45, 2.75) is 12.6 Å². The Bertz CT molecular complexity index is 1380. The van der Waals surface area contributed by atoms with E-state index >= 15 is 0 Å². The molecule has 8 heteroatoms. The van der Waals surface area contributed by atoms with Crippen molar-refractivity contribution in [2.75, 3.05) is 32.1 Å². The summed E-state index contributed by atoms with van der Waals surface area (Å²) in [5.41, 5.74) is 3.84. The largest absolute Gasteiger partial charge is 0.486 e. The van der Waals surface area contributed by atoms with E-state index in [1.807, 2.05) is 74.9 Å². The first-order valence-corrected chi connectivity index (χ1v) is 11.9. The predicted octanol–water partition coefficient (Wildman–Crippen LogP) is 3.64. The maximum atomic E-state index is 8.73. The van der Waals surface area contributed by atoms with E-state index in [1.165, 1.54) is 0 Å². The van der Waals surface area contributed by atoms with Gasteiger partial charge in [-0.3, -0.25) is 10.4 Å². The lowest BCUT2D eigenvalue weighted by Gasteiger charge is -2.40. The van der Waals surface area contributed by atoms with Gasteiger partial charge in [0, 0.05) is 61.3 Å². The Morgan fingerprint density at radius 3 is 2.47 bits per heavy atom. The third kappa shape index (κ3) is 4.89. The average molecular weight is 480 g/mol. The molecule has 3 heterocycles. The van der Waals surface area contributed by atoms with Crippen LogP contribution in [0.3, 0.4) is 0 Å². The quantitative estimate of drug-likeness (QED) is 0.315. The fraction of sp³-hybridized carbons (Fsp3) is 0.214. The van der Waals surface area contributed by atoms with Gasteiger partial charge in [-0.25, -0.2) is 9.97 Å². The maximum absolute atomic E-state index is 8.73. The molecule has 1 fully saturated rings. The van der Waals surface area contributed by atoms with Crippen molar-refractivity contribution in [1.29, 1.82) is 5.41 Å². The van der Waals surface area contributed by atoms with Gasteiger partial charge in [0.15, 0.2) is 5.82 Å². The van der Waals surface area contributed by atoms with Crippen LogP contribution in [0.25, 0.3) is 16.5 Å². The first kappa shape index (κ1) is 23.4. The Morgan fingerprint density at radius 1 is 1.00 bits per heavy atom. The summed E-state index contributed by atoms with van der Waals surface area (Å²) in [5.74, 6) is 2.30. The second kappa shape index (κ2) is 10.5. The molecule has 5 rings (SSSR count). The van der Waals surface area contributed by atoms with Crippen molar-refractivity contribution in [3.8, 4) is 5.75 Å². The first-order chi connectivity index (χ1) is 17.7. The molecule has 1 saturated heterocycles. The van der Waals surface area contributed by atoms with Gasteiger partial charge in [-0.2, -0.15) is 0 Å². The lowest BCUT2D eigenvalue weighted by Crippen LogP contribution is -2.57. The highest BCUT2D eigenvalue weighted by Gasteiger charge is 2.28. The molecule has 0 bridgehead atoms. The summed E-state index contributed by atoms with van der Waals surface area (Å²) in [4.78, 5) is 15.9. The van der Waals surface area contributed by atoms with Gasteiger partial charge in [0.1, 0.15) is 18.2 Å². The van der Waals surface area contributed by atoms with Crippen LogP contribution in [-0.2, 0) is 6.61 Å². The van der Waals surface area contributed by atoms with E-state index < -0.39 is 0 Å². The normalized spacial score (nSPS) is 13.9. The summed E-state index contributed by atoms with van der Waals surface area (Å²) in [6, 6.07) is 19.9. The summed E-state index contributed by atoms with van der Waals surface area (Å²) >= 11 is 0. The Kier molecular flexibility index (Phi) is 6.86. The highest BCUT2D eigenvalue weighted by atomic mass is 16.5. The van der Waals surface area contributed by atoms with Crippen LogP contribution in [0.4, 0.5) is 5.82 Å². The number of hydrogen-bond acceptors (Lipinski definition) is 8. The van der Waals surface area contributed by atoms with Crippen LogP contribution in [0.15, 0.2) is 79.3 Å². The number of benzene rings is 2. The van der Waals surface area contributed by atoms with E-state index in [1.54, 1.807) is 12.4 Å². The molecule has 182 valence electrons. The zero-order valence-electron chi connectivity index (χ0n) is 20.4. The number of allylic oxidation sites excluding steroid dienone is 1. The molecule has 1 aliphatic heterocycles. The molecule has 3 N–H and O–H groups in total. The third-order valence-corrected chi connectivity index (χ3v) is 6.28. The van der Waals surface area contributed by atoms with Crippen molar-refractivity contribution in [2.24, 2.45) is 0 Å². The number of aromatic nitrogens is 3. The summed E-state index contributed by atoms with van der Waals surface area (Å²) < 4.78 is 6.04. The van der Waals surface area contributed by atoms with Crippen molar-refractivity contribution in [1.82, 2.24) is 25.6 Å². The van der Waals surface area contributed by atoms with Crippen molar-refractivity contribution in [3.05, 3.63) is 96.2 Å². The van der Waals surface area contributed by atoms with Gasteiger partial charge in [0.25, 0.3) is 0 Å². The lowest BCUT2D eigenvalue weighted by atomic mass is 9.97. The number of nitrogens with zero attached hydrogens (tertiary/aromatic N) is 4. The number of rotatable bonds is 9. The number of hydrogen-bond donors (Lipinski definition) is 3. The molecule has 2 aromatic carbocycles. The summed E-state index contributed by atoms with van der Waals surface area (Å²) in [5, 5.41) is 16.1. The fourth-order valence-corrected chi connectivity index (χ4v) is 4.24. The molecular weight excluding hydrogens is 450 g/mol. The molecule has 4 aromatic rings. The number of para-hydroxylation sites is 1. The molecule has 1 aliphatic rings. The highest BCUT2D eigenvalue weighted by Crippen LogP contribution is 2.28. The van der Waals surface area contributed by atoms with E-state index in [4.69, 9.17) is 20.1 Å². The van der Waals surface area contributed by atoms with Crippen LogP contribution in [0, 0.1) is 5.41 Å². The molecule has 0 aliphatic carbocycles. The maximum Gasteiger partial charge on any atom is 0.168 e. The van der Waals surface area contributed by atoms with E-state index in [-0.39, 0.29) is 6.61 Å². The van der Waals surface area contributed by atoms with Crippen LogP contribution >= 0.6 is 0 Å². The second-order valence-electron chi connectivity index (χ2n) is 8.64. The van der Waals surface area contributed by atoms with Gasteiger partial charge in [-0.05, 0) is 61.1 Å². The van der Waals surface area contributed by atoms with Crippen LogP contribution in [0.5, 0.6) is 5.75 Å².